The van der Waals surface area contributed by atoms with E-state index in [9.17, 15) is 0 Å². The number of allylic oxidation sites excluding steroid dienone is 5. The van der Waals surface area contributed by atoms with Crippen LogP contribution in [0.1, 0.15) is 47.5 Å². The zero-order valence-electron chi connectivity index (χ0n) is 13.8. The molecule has 2 aliphatic heterocycles. The summed E-state index contributed by atoms with van der Waals surface area (Å²) < 4.78 is 0. The minimum atomic E-state index is 0.215. The van der Waals surface area contributed by atoms with E-state index < -0.39 is 0 Å². The van der Waals surface area contributed by atoms with Crippen LogP contribution in [0.3, 0.4) is 0 Å². The van der Waals surface area contributed by atoms with E-state index in [-0.39, 0.29) is 5.41 Å². The molecule has 0 unspecified atom stereocenters. The molecule has 0 aromatic heterocycles. The minimum absolute atomic E-state index is 0.215. The number of fused-ring (bicyclic) bond motifs is 1. The van der Waals surface area contributed by atoms with Crippen molar-refractivity contribution in [2.45, 2.75) is 47.5 Å². The maximum absolute atomic E-state index is 4.10. The van der Waals surface area contributed by atoms with Gasteiger partial charge in [0, 0.05) is 18.8 Å². The Bertz CT molecular complexity index is 500. The molecular formula is C19H29N. The summed E-state index contributed by atoms with van der Waals surface area (Å²) in [7, 11) is 0. The van der Waals surface area contributed by atoms with E-state index in [1.54, 1.807) is 0 Å². The number of nitrogens with zero attached hydrogens (tertiary/aromatic N) is 1. The molecule has 20 heavy (non-hydrogen) atoms. The third kappa shape index (κ3) is 2.51. The fourth-order valence-corrected chi connectivity index (χ4v) is 3.25. The van der Waals surface area contributed by atoms with Gasteiger partial charge >= 0.3 is 0 Å². The molecule has 2 aliphatic rings. The van der Waals surface area contributed by atoms with E-state index in [0.717, 1.165) is 5.57 Å². The molecule has 110 valence electrons. The zero-order chi connectivity index (χ0) is 15.1. The summed E-state index contributed by atoms with van der Waals surface area (Å²) in [4.78, 5) is 2.58. The SMILES string of the molecule is C=CC(=C)/C=C1\C2=C(C)C(C)(C)CCN2CCC1(C)C. The molecule has 0 aromatic carbocycles. The maximum Gasteiger partial charge on any atom is 0.0399 e. The highest BCUT2D eigenvalue weighted by Gasteiger charge is 2.40. The molecule has 0 bridgehead atoms. The van der Waals surface area contributed by atoms with Gasteiger partial charge in [-0.05, 0) is 53.4 Å². The summed E-state index contributed by atoms with van der Waals surface area (Å²) >= 11 is 0. The van der Waals surface area contributed by atoms with Crippen molar-refractivity contribution in [1.29, 1.82) is 0 Å². The fraction of sp³-hybridized carbons (Fsp3) is 0.579. The van der Waals surface area contributed by atoms with Crippen molar-refractivity contribution in [2.24, 2.45) is 10.8 Å². The lowest BCUT2D eigenvalue weighted by Gasteiger charge is -2.49. The molecule has 1 nitrogen and oxygen atoms in total. The summed E-state index contributed by atoms with van der Waals surface area (Å²) in [6, 6.07) is 0. The van der Waals surface area contributed by atoms with Crippen LogP contribution in [-0.2, 0) is 0 Å². The van der Waals surface area contributed by atoms with E-state index in [1.165, 1.54) is 42.8 Å². The van der Waals surface area contributed by atoms with Crippen LogP contribution < -0.4 is 0 Å². The molecule has 0 amide bonds. The highest BCUT2D eigenvalue weighted by Crippen LogP contribution is 2.49. The molecule has 0 saturated carbocycles. The van der Waals surface area contributed by atoms with Gasteiger partial charge < -0.3 is 4.90 Å². The van der Waals surface area contributed by atoms with Crippen molar-refractivity contribution in [3.8, 4) is 0 Å². The predicted molar refractivity (Wildman–Crippen MR) is 88.5 cm³/mol. The van der Waals surface area contributed by atoms with Gasteiger partial charge in [0.2, 0.25) is 0 Å². The van der Waals surface area contributed by atoms with Crippen LogP contribution in [-0.4, -0.2) is 18.0 Å². The largest absolute Gasteiger partial charge is 0.371 e. The van der Waals surface area contributed by atoms with E-state index in [0.29, 0.717) is 5.41 Å². The highest BCUT2D eigenvalue weighted by molar-refractivity contribution is 5.47. The molecule has 0 atom stereocenters. The monoisotopic (exact) mass is 271 g/mol. The Morgan fingerprint density at radius 3 is 2.20 bits per heavy atom. The number of hydrogen-bond acceptors (Lipinski definition) is 1. The average molecular weight is 271 g/mol. The van der Waals surface area contributed by atoms with Gasteiger partial charge in [0.25, 0.3) is 0 Å². The standard InChI is InChI=1S/C19H29N/c1-8-14(2)13-16-17-15(3)18(4,5)9-11-20(17)12-10-19(16,6)7/h8,13H,1-2,9-12H2,3-7H3/b16-13+. The molecule has 1 saturated heterocycles. The van der Waals surface area contributed by atoms with Crippen molar-refractivity contribution in [3.63, 3.8) is 0 Å². The van der Waals surface area contributed by atoms with Crippen molar-refractivity contribution in [2.75, 3.05) is 13.1 Å². The summed E-state index contributed by atoms with van der Waals surface area (Å²) in [6.45, 7) is 22.1. The van der Waals surface area contributed by atoms with E-state index in [4.69, 9.17) is 0 Å². The summed E-state index contributed by atoms with van der Waals surface area (Å²) in [5, 5.41) is 0. The molecule has 2 rings (SSSR count). The predicted octanol–water partition coefficient (Wildman–Crippen LogP) is 5.09. The third-order valence-corrected chi connectivity index (χ3v) is 5.28. The van der Waals surface area contributed by atoms with Gasteiger partial charge in [-0.3, -0.25) is 0 Å². The number of hydrogen-bond donors (Lipinski definition) is 0. The number of piperidine rings is 1. The smallest absolute Gasteiger partial charge is 0.0399 e. The van der Waals surface area contributed by atoms with Gasteiger partial charge in [0.1, 0.15) is 0 Å². The first-order chi connectivity index (χ1) is 9.19. The Morgan fingerprint density at radius 2 is 1.65 bits per heavy atom. The lowest BCUT2D eigenvalue weighted by Crippen LogP contribution is -2.44. The Labute approximate surface area is 124 Å². The van der Waals surface area contributed by atoms with Crippen LogP contribution in [0, 0.1) is 10.8 Å². The van der Waals surface area contributed by atoms with Crippen molar-refractivity contribution >= 4 is 0 Å². The van der Waals surface area contributed by atoms with E-state index >= 15 is 0 Å². The van der Waals surface area contributed by atoms with Crippen LogP contribution in [0.5, 0.6) is 0 Å². The van der Waals surface area contributed by atoms with Crippen LogP contribution in [0.4, 0.5) is 0 Å². The van der Waals surface area contributed by atoms with Gasteiger partial charge in [0.05, 0.1) is 0 Å². The molecule has 0 aliphatic carbocycles. The molecule has 0 radical (unpaired) electrons. The Hall–Kier alpha value is -1.24. The summed E-state index contributed by atoms with van der Waals surface area (Å²) in [5.41, 5.74) is 5.97. The van der Waals surface area contributed by atoms with Crippen molar-refractivity contribution < 1.29 is 0 Å². The van der Waals surface area contributed by atoms with Crippen LogP contribution in [0.25, 0.3) is 0 Å². The molecule has 1 fully saturated rings. The van der Waals surface area contributed by atoms with Gasteiger partial charge in [-0.2, -0.15) is 0 Å². The first kappa shape index (κ1) is 15.2. The molecular weight excluding hydrogens is 242 g/mol. The first-order valence-corrected chi connectivity index (χ1v) is 7.69. The molecule has 1 heteroatoms. The van der Waals surface area contributed by atoms with E-state index in [1.807, 2.05) is 6.08 Å². The van der Waals surface area contributed by atoms with Crippen molar-refractivity contribution in [3.05, 3.63) is 47.7 Å². The Kier molecular flexibility index (Phi) is 3.75. The molecule has 2 heterocycles. The zero-order valence-corrected chi connectivity index (χ0v) is 13.8. The van der Waals surface area contributed by atoms with Gasteiger partial charge in [-0.25, -0.2) is 0 Å². The maximum atomic E-state index is 4.10. The topological polar surface area (TPSA) is 3.24 Å². The van der Waals surface area contributed by atoms with Gasteiger partial charge in [-0.1, -0.05) is 46.9 Å². The fourth-order valence-electron chi connectivity index (χ4n) is 3.25. The first-order valence-electron chi connectivity index (χ1n) is 7.69. The van der Waals surface area contributed by atoms with Gasteiger partial charge in [-0.15, -0.1) is 0 Å². The summed E-state index contributed by atoms with van der Waals surface area (Å²) in [6.07, 6.45) is 6.56. The lowest BCUT2D eigenvalue weighted by atomic mass is 9.69. The second-order valence-corrected chi connectivity index (χ2v) is 7.57. The molecule has 0 aromatic rings. The number of rotatable bonds is 2. The second kappa shape index (κ2) is 4.95. The quantitative estimate of drug-likeness (QED) is 0.632. The van der Waals surface area contributed by atoms with Crippen LogP contribution >= 0.6 is 0 Å². The Balaban J connectivity index is 2.61. The van der Waals surface area contributed by atoms with Crippen LogP contribution in [0.2, 0.25) is 0 Å². The lowest BCUT2D eigenvalue weighted by molar-refractivity contribution is 0.184. The summed E-state index contributed by atoms with van der Waals surface area (Å²) in [5.74, 6) is 0. The normalized spacial score (nSPS) is 26.4. The minimum Gasteiger partial charge on any atom is -0.371 e. The molecule has 0 N–H and O–H groups in total. The third-order valence-electron chi connectivity index (χ3n) is 5.28. The van der Waals surface area contributed by atoms with E-state index in [2.05, 4.69) is 58.8 Å². The van der Waals surface area contributed by atoms with Crippen LogP contribution in [0.15, 0.2) is 47.7 Å². The highest BCUT2D eigenvalue weighted by atomic mass is 15.2. The van der Waals surface area contributed by atoms with Crippen molar-refractivity contribution in [1.82, 2.24) is 4.90 Å². The van der Waals surface area contributed by atoms with Gasteiger partial charge in [0.15, 0.2) is 0 Å². The second-order valence-electron chi connectivity index (χ2n) is 7.57. The molecule has 0 spiro atoms. The Morgan fingerprint density at radius 1 is 1.10 bits per heavy atom. The average Bonchev–Trinajstić information content (AvgIpc) is 2.37.